The van der Waals surface area contributed by atoms with Crippen LogP contribution in [0.1, 0.15) is 49.8 Å². The Morgan fingerprint density at radius 1 is 1.03 bits per heavy atom. The number of para-hydroxylation sites is 1. The smallest absolute Gasteiger partial charge is 0.219 e. The van der Waals surface area contributed by atoms with E-state index in [2.05, 4.69) is 45.5 Å². The molecule has 2 heterocycles. The molecule has 1 atom stereocenters. The van der Waals surface area contributed by atoms with Crippen LogP contribution in [0.4, 0.5) is 5.69 Å². The molecule has 1 aliphatic rings. The van der Waals surface area contributed by atoms with E-state index in [1.165, 1.54) is 5.56 Å². The van der Waals surface area contributed by atoms with Gasteiger partial charge < -0.3 is 15.0 Å². The third-order valence-electron chi connectivity index (χ3n) is 5.87. The zero-order chi connectivity index (χ0) is 21.6. The molecule has 1 amide bonds. The quantitative estimate of drug-likeness (QED) is 0.581. The van der Waals surface area contributed by atoms with E-state index in [0.29, 0.717) is 11.8 Å². The minimum atomic E-state index is -0.00176. The molecule has 1 aromatic heterocycles. The Labute approximate surface area is 184 Å². The number of aromatic nitrogens is 1. The highest BCUT2D eigenvalue weighted by atomic mass is 16.5. The number of hydrogen-bond donors (Lipinski definition) is 1. The minimum Gasteiger partial charge on any atom is -0.439 e. The molecule has 2 aromatic carbocycles. The van der Waals surface area contributed by atoms with E-state index >= 15 is 0 Å². The minimum absolute atomic E-state index is 0.00176. The monoisotopic (exact) mass is 415 g/mol. The van der Waals surface area contributed by atoms with Crippen LogP contribution < -0.4 is 15.0 Å². The molecule has 0 spiro atoms. The molecule has 160 valence electrons. The van der Waals surface area contributed by atoms with Gasteiger partial charge in [0.15, 0.2) is 0 Å². The second kappa shape index (κ2) is 9.65. The molecule has 1 fully saturated rings. The van der Waals surface area contributed by atoms with E-state index in [4.69, 9.17) is 4.74 Å². The summed E-state index contributed by atoms with van der Waals surface area (Å²) in [7, 11) is 0. The molecule has 1 N–H and O–H groups in total. The highest BCUT2D eigenvalue weighted by Gasteiger charge is 2.21. The van der Waals surface area contributed by atoms with Crippen molar-refractivity contribution in [3.05, 3.63) is 84.1 Å². The van der Waals surface area contributed by atoms with Gasteiger partial charge in [-0.25, -0.2) is 4.98 Å². The molecule has 0 radical (unpaired) electrons. The molecule has 0 saturated carbocycles. The van der Waals surface area contributed by atoms with Crippen molar-refractivity contribution >= 4 is 11.6 Å². The van der Waals surface area contributed by atoms with Gasteiger partial charge in [-0.3, -0.25) is 4.79 Å². The van der Waals surface area contributed by atoms with Gasteiger partial charge in [0, 0.05) is 26.1 Å². The first-order valence-electron chi connectivity index (χ1n) is 10.9. The van der Waals surface area contributed by atoms with Crippen LogP contribution in [-0.2, 0) is 4.79 Å². The molecule has 1 unspecified atom stereocenters. The van der Waals surface area contributed by atoms with Gasteiger partial charge in [-0.1, -0.05) is 42.5 Å². The van der Waals surface area contributed by atoms with Crippen LogP contribution in [0.2, 0.25) is 0 Å². The van der Waals surface area contributed by atoms with E-state index in [0.717, 1.165) is 42.9 Å². The standard InChI is InChI=1S/C26H29N3O2/c1-19(28-20(2)30)21-8-10-22(11-9-21)23-14-16-29(17-15-23)24-12-13-26(27-18-24)31-25-6-4-3-5-7-25/h3-13,18-19,23H,14-17H2,1-2H3,(H,28,30). The topological polar surface area (TPSA) is 54.5 Å². The van der Waals surface area contributed by atoms with Gasteiger partial charge in [0.2, 0.25) is 11.8 Å². The Kier molecular flexibility index (Phi) is 6.51. The van der Waals surface area contributed by atoms with Gasteiger partial charge in [-0.15, -0.1) is 0 Å². The summed E-state index contributed by atoms with van der Waals surface area (Å²) < 4.78 is 5.79. The lowest BCUT2D eigenvalue weighted by atomic mass is 9.88. The second-order valence-corrected chi connectivity index (χ2v) is 8.12. The third-order valence-corrected chi connectivity index (χ3v) is 5.87. The second-order valence-electron chi connectivity index (χ2n) is 8.12. The van der Waals surface area contributed by atoms with Crippen molar-refractivity contribution in [2.75, 3.05) is 18.0 Å². The predicted octanol–water partition coefficient (Wildman–Crippen LogP) is 5.46. The molecular formula is C26H29N3O2. The number of ether oxygens (including phenoxy) is 1. The van der Waals surface area contributed by atoms with E-state index in [1.807, 2.05) is 49.5 Å². The van der Waals surface area contributed by atoms with E-state index in [9.17, 15) is 4.79 Å². The van der Waals surface area contributed by atoms with Crippen LogP contribution >= 0.6 is 0 Å². The van der Waals surface area contributed by atoms with Crippen LogP contribution in [-0.4, -0.2) is 24.0 Å². The van der Waals surface area contributed by atoms with Crippen molar-refractivity contribution in [3.63, 3.8) is 0 Å². The summed E-state index contributed by atoms with van der Waals surface area (Å²) in [4.78, 5) is 18.1. The maximum Gasteiger partial charge on any atom is 0.219 e. The lowest BCUT2D eigenvalue weighted by molar-refractivity contribution is -0.119. The van der Waals surface area contributed by atoms with Crippen molar-refractivity contribution in [1.82, 2.24) is 10.3 Å². The zero-order valence-electron chi connectivity index (χ0n) is 18.1. The van der Waals surface area contributed by atoms with Crippen LogP contribution in [0, 0.1) is 0 Å². The van der Waals surface area contributed by atoms with Crippen molar-refractivity contribution in [2.45, 2.75) is 38.6 Å². The van der Waals surface area contributed by atoms with Crippen molar-refractivity contribution in [1.29, 1.82) is 0 Å². The number of rotatable bonds is 6. The first-order chi connectivity index (χ1) is 15.1. The predicted molar refractivity (Wildman–Crippen MR) is 124 cm³/mol. The van der Waals surface area contributed by atoms with Gasteiger partial charge in [0.25, 0.3) is 0 Å². The summed E-state index contributed by atoms with van der Waals surface area (Å²) in [5.41, 5.74) is 3.65. The molecule has 4 rings (SSSR count). The van der Waals surface area contributed by atoms with Gasteiger partial charge in [0.05, 0.1) is 17.9 Å². The number of benzene rings is 2. The van der Waals surface area contributed by atoms with Gasteiger partial charge in [-0.2, -0.15) is 0 Å². The Morgan fingerprint density at radius 3 is 2.35 bits per heavy atom. The summed E-state index contributed by atoms with van der Waals surface area (Å²) >= 11 is 0. The van der Waals surface area contributed by atoms with E-state index < -0.39 is 0 Å². The molecule has 0 aliphatic carbocycles. The number of piperidine rings is 1. The maximum atomic E-state index is 11.3. The largest absolute Gasteiger partial charge is 0.439 e. The Morgan fingerprint density at radius 2 is 1.74 bits per heavy atom. The zero-order valence-corrected chi connectivity index (χ0v) is 18.1. The number of carbonyl (C=O) groups excluding carboxylic acids is 1. The van der Waals surface area contributed by atoms with Crippen LogP contribution in [0.5, 0.6) is 11.6 Å². The third kappa shape index (κ3) is 5.43. The Bertz CT molecular complexity index is 979. The van der Waals surface area contributed by atoms with Gasteiger partial charge >= 0.3 is 0 Å². The first kappa shape index (κ1) is 20.9. The fourth-order valence-electron chi connectivity index (χ4n) is 4.15. The highest BCUT2D eigenvalue weighted by Crippen LogP contribution is 2.31. The normalized spacial score (nSPS) is 15.4. The van der Waals surface area contributed by atoms with Crippen LogP contribution in [0.3, 0.4) is 0 Å². The number of nitrogens with one attached hydrogen (secondary N) is 1. The molecule has 0 bridgehead atoms. The lowest BCUT2D eigenvalue weighted by Gasteiger charge is -2.33. The van der Waals surface area contributed by atoms with Crippen molar-refractivity contribution in [3.8, 4) is 11.6 Å². The average molecular weight is 416 g/mol. The number of anilines is 1. The molecule has 31 heavy (non-hydrogen) atoms. The number of pyridine rings is 1. The van der Waals surface area contributed by atoms with Crippen LogP contribution in [0.15, 0.2) is 72.9 Å². The molecule has 1 saturated heterocycles. The van der Waals surface area contributed by atoms with Crippen molar-refractivity contribution in [2.24, 2.45) is 0 Å². The summed E-state index contributed by atoms with van der Waals surface area (Å²) in [5, 5.41) is 2.94. The summed E-state index contributed by atoms with van der Waals surface area (Å²) in [6.45, 7) is 5.59. The number of hydrogen-bond acceptors (Lipinski definition) is 4. The van der Waals surface area contributed by atoms with E-state index in [1.54, 1.807) is 6.92 Å². The number of carbonyl (C=O) groups is 1. The Balaban J connectivity index is 1.31. The Hall–Kier alpha value is -3.34. The van der Waals surface area contributed by atoms with Gasteiger partial charge in [0.1, 0.15) is 5.75 Å². The van der Waals surface area contributed by atoms with Crippen molar-refractivity contribution < 1.29 is 9.53 Å². The lowest BCUT2D eigenvalue weighted by Crippen LogP contribution is -2.32. The fourth-order valence-corrected chi connectivity index (χ4v) is 4.15. The first-order valence-corrected chi connectivity index (χ1v) is 10.9. The summed E-state index contributed by atoms with van der Waals surface area (Å²) in [5.74, 6) is 1.97. The number of nitrogens with zero attached hydrogens (tertiary/aromatic N) is 2. The molecule has 5 nitrogen and oxygen atoms in total. The average Bonchev–Trinajstić information content (AvgIpc) is 2.80. The molecule has 5 heteroatoms. The van der Waals surface area contributed by atoms with E-state index in [-0.39, 0.29) is 11.9 Å². The highest BCUT2D eigenvalue weighted by molar-refractivity contribution is 5.73. The SMILES string of the molecule is CC(=O)NC(C)c1ccc(C2CCN(c3ccc(Oc4ccccc4)nc3)CC2)cc1. The van der Waals surface area contributed by atoms with Crippen LogP contribution in [0.25, 0.3) is 0 Å². The number of amides is 1. The van der Waals surface area contributed by atoms with Gasteiger partial charge in [-0.05, 0) is 55.0 Å². The maximum absolute atomic E-state index is 11.3. The molecule has 1 aliphatic heterocycles. The summed E-state index contributed by atoms with van der Waals surface area (Å²) in [6, 6.07) is 22.5. The fraction of sp³-hybridized carbons (Fsp3) is 0.308. The molecular weight excluding hydrogens is 386 g/mol. The molecule has 3 aromatic rings. The summed E-state index contributed by atoms with van der Waals surface area (Å²) in [6.07, 6.45) is 4.13.